The Morgan fingerprint density at radius 1 is 1.24 bits per heavy atom. The van der Waals surface area contributed by atoms with Gasteiger partial charge in [0.2, 0.25) is 0 Å². The molecule has 0 bridgehead atoms. The van der Waals surface area contributed by atoms with Crippen molar-refractivity contribution in [3.63, 3.8) is 0 Å². The van der Waals surface area contributed by atoms with Crippen LogP contribution >= 0.6 is 27.5 Å². The second kappa shape index (κ2) is 6.22. The Hall–Kier alpha value is -1.29. The summed E-state index contributed by atoms with van der Waals surface area (Å²) in [5.74, 6) is 0. The van der Waals surface area contributed by atoms with Crippen LogP contribution in [-0.2, 0) is 6.54 Å². The summed E-state index contributed by atoms with van der Waals surface area (Å²) in [5, 5.41) is 5.54. The molecular formula is C17H16BrClN2. The summed E-state index contributed by atoms with van der Waals surface area (Å²) in [6.45, 7) is 2.98. The summed E-state index contributed by atoms with van der Waals surface area (Å²) in [7, 11) is 0. The summed E-state index contributed by atoms with van der Waals surface area (Å²) in [4.78, 5) is 3.27. The lowest BCUT2D eigenvalue weighted by Gasteiger charge is -2.15. The first-order chi connectivity index (χ1) is 10.1. The molecule has 0 amide bonds. The summed E-state index contributed by atoms with van der Waals surface area (Å²) in [6, 6.07) is 14.5. The molecule has 1 heterocycles. The summed E-state index contributed by atoms with van der Waals surface area (Å²) in [6.07, 6.45) is 2.04. The van der Waals surface area contributed by atoms with E-state index in [2.05, 4.69) is 57.4 Å². The molecule has 3 rings (SSSR count). The molecule has 0 spiro atoms. The van der Waals surface area contributed by atoms with Crippen molar-refractivity contribution in [3.8, 4) is 0 Å². The zero-order chi connectivity index (χ0) is 14.8. The van der Waals surface area contributed by atoms with Crippen LogP contribution in [0.1, 0.15) is 24.1 Å². The number of benzene rings is 2. The fourth-order valence-corrected chi connectivity index (χ4v) is 3.30. The minimum atomic E-state index is 0.276. The minimum absolute atomic E-state index is 0.276. The maximum absolute atomic E-state index is 6.01. The maximum Gasteiger partial charge on any atom is 0.0472 e. The molecule has 108 valence electrons. The van der Waals surface area contributed by atoms with E-state index >= 15 is 0 Å². The highest BCUT2D eigenvalue weighted by Gasteiger charge is 2.10. The van der Waals surface area contributed by atoms with Crippen molar-refractivity contribution in [1.29, 1.82) is 0 Å². The fraction of sp³-hybridized carbons (Fsp3) is 0.176. The summed E-state index contributed by atoms with van der Waals surface area (Å²) in [5.41, 5.74) is 3.59. The number of fused-ring (bicyclic) bond motifs is 1. The molecule has 1 aromatic heterocycles. The molecule has 2 nitrogen and oxygen atoms in total. The standard InChI is InChI=1S/C17H16BrClN2/c1-11(14-4-2-3-5-16(14)18)20-9-12-10-21-17-8-13(19)6-7-15(12)17/h2-8,10-11,20-21H,9H2,1H3/t11-/m0/s1. The minimum Gasteiger partial charge on any atom is -0.361 e. The summed E-state index contributed by atoms with van der Waals surface area (Å²) < 4.78 is 1.13. The molecule has 0 aliphatic rings. The zero-order valence-corrected chi connectivity index (χ0v) is 14.0. The quantitative estimate of drug-likeness (QED) is 0.635. The lowest BCUT2D eigenvalue weighted by molar-refractivity contribution is 0.574. The first-order valence-electron chi connectivity index (χ1n) is 6.88. The highest BCUT2D eigenvalue weighted by atomic mass is 79.9. The molecule has 0 radical (unpaired) electrons. The number of halogens is 2. The number of hydrogen-bond donors (Lipinski definition) is 2. The van der Waals surface area contributed by atoms with Crippen LogP contribution in [0.15, 0.2) is 53.1 Å². The van der Waals surface area contributed by atoms with E-state index in [1.807, 2.05) is 24.4 Å². The molecule has 0 saturated carbocycles. The van der Waals surface area contributed by atoms with Crippen molar-refractivity contribution in [3.05, 3.63) is 69.3 Å². The van der Waals surface area contributed by atoms with Crippen molar-refractivity contribution in [2.75, 3.05) is 0 Å². The second-order valence-corrected chi connectivity index (χ2v) is 6.42. The number of H-pyrrole nitrogens is 1. The van der Waals surface area contributed by atoms with Gasteiger partial charge in [0.15, 0.2) is 0 Å². The molecule has 0 aliphatic carbocycles. The molecule has 2 aromatic carbocycles. The molecule has 0 unspecified atom stereocenters. The molecule has 0 saturated heterocycles. The third kappa shape index (κ3) is 3.15. The van der Waals surface area contributed by atoms with Crippen molar-refractivity contribution in [1.82, 2.24) is 10.3 Å². The van der Waals surface area contributed by atoms with Crippen molar-refractivity contribution in [2.24, 2.45) is 0 Å². The Labute approximate surface area is 137 Å². The van der Waals surface area contributed by atoms with Gasteiger partial charge in [-0.2, -0.15) is 0 Å². The second-order valence-electron chi connectivity index (χ2n) is 5.13. The molecule has 4 heteroatoms. The Balaban J connectivity index is 1.76. The highest BCUT2D eigenvalue weighted by molar-refractivity contribution is 9.10. The van der Waals surface area contributed by atoms with Crippen LogP contribution in [0.3, 0.4) is 0 Å². The van der Waals surface area contributed by atoms with Gasteiger partial charge >= 0.3 is 0 Å². The van der Waals surface area contributed by atoms with Gasteiger partial charge < -0.3 is 10.3 Å². The molecule has 1 atom stereocenters. The first kappa shape index (κ1) is 14.6. The van der Waals surface area contributed by atoms with Crippen LogP contribution < -0.4 is 5.32 Å². The topological polar surface area (TPSA) is 27.8 Å². The zero-order valence-electron chi connectivity index (χ0n) is 11.7. The molecule has 0 aliphatic heterocycles. The van der Waals surface area contributed by atoms with E-state index in [1.54, 1.807) is 0 Å². The number of rotatable bonds is 4. The van der Waals surface area contributed by atoms with E-state index < -0.39 is 0 Å². The first-order valence-corrected chi connectivity index (χ1v) is 8.05. The molecule has 0 fully saturated rings. The van der Waals surface area contributed by atoms with Gasteiger partial charge in [-0.15, -0.1) is 0 Å². The Bertz CT molecular complexity index is 766. The largest absolute Gasteiger partial charge is 0.361 e. The van der Waals surface area contributed by atoms with E-state index in [4.69, 9.17) is 11.6 Å². The normalized spacial score (nSPS) is 12.7. The predicted molar refractivity (Wildman–Crippen MR) is 92.7 cm³/mol. The Morgan fingerprint density at radius 2 is 2.05 bits per heavy atom. The van der Waals surface area contributed by atoms with E-state index in [0.29, 0.717) is 0 Å². The number of aromatic nitrogens is 1. The van der Waals surface area contributed by atoms with Crippen LogP contribution in [0.4, 0.5) is 0 Å². The van der Waals surface area contributed by atoms with E-state index in [0.717, 1.165) is 21.6 Å². The number of aromatic amines is 1. The number of hydrogen-bond acceptors (Lipinski definition) is 1. The molecular weight excluding hydrogens is 348 g/mol. The third-order valence-electron chi connectivity index (χ3n) is 3.70. The Morgan fingerprint density at radius 3 is 2.86 bits per heavy atom. The van der Waals surface area contributed by atoms with Crippen molar-refractivity contribution < 1.29 is 0 Å². The van der Waals surface area contributed by atoms with Crippen molar-refractivity contribution in [2.45, 2.75) is 19.5 Å². The van der Waals surface area contributed by atoms with Crippen LogP contribution in [0.25, 0.3) is 10.9 Å². The van der Waals surface area contributed by atoms with Gasteiger partial charge in [-0.05, 0) is 36.2 Å². The third-order valence-corrected chi connectivity index (χ3v) is 4.66. The van der Waals surface area contributed by atoms with Gasteiger partial charge in [0.05, 0.1) is 0 Å². The van der Waals surface area contributed by atoms with Crippen LogP contribution in [-0.4, -0.2) is 4.98 Å². The monoisotopic (exact) mass is 362 g/mol. The highest BCUT2D eigenvalue weighted by Crippen LogP contribution is 2.25. The summed E-state index contributed by atoms with van der Waals surface area (Å²) >= 11 is 9.61. The van der Waals surface area contributed by atoms with Gasteiger partial charge in [0, 0.05) is 39.2 Å². The lowest BCUT2D eigenvalue weighted by Crippen LogP contribution is -2.18. The van der Waals surface area contributed by atoms with Crippen molar-refractivity contribution >= 4 is 38.4 Å². The average molecular weight is 364 g/mol. The van der Waals surface area contributed by atoms with Crippen LogP contribution in [0, 0.1) is 0 Å². The lowest BCUT2D eigenvalue weighted by atomic mass is 10.1. The van der Waals surface area contributed by atoms with Gasteiger partial charge in [0.25, 0.3) is 0 Å². The molecule has 3 aromatic rings. The molecule has 21 heavy (non-hydrogen) atoms. The maximum atomic E-state index is 6.01. The molecule has 2 N–H and O–H groups in total. The van der Waals surface area contributed by atoms with Gasteiger partial charge in [0.1, 0.15) is 0 Å². The van der Waals surface area contributed by atoms with E-state index in [-0.39, 0.29) is 6.04 Å². The van der Waals surface area contributed by atoms with E-state index in [9.17, 15) is 0 Å². The fourth-order valence-electron chi connectivity index (χ4n) is 2.50. The SMILES string of the molecule is C[C@H](NCc1c[nH]c2cc(Cl)ccc12)c1ccccc1Br. The van der Waals surface area contributed by atoms with Gasteiger partial charge in [-0.1, -0.05) is 51.8 Å². The Kier molecular flexibility index (Phi) is 4.34. The van der Waals surface area contributed by atoms with Crippen LogP contribution in [0.5, 0.6) is 0 Å². The predicted octanol–water partition coefficient (Wildman–Crippen LogP) is 5.43. The van der Waals surface area contributed by atoms with Gasteiger partial charge in [-0.25, -0.2) is 0 Å². The smallest absolute Gasteiger partial charge is 0.0472 e. The number of nitrogens with one attached hydrogen (secondary N) is 2. The average Bonchev–Trinajstić information content (AvgIpc) is 2.87. The van der Waals surface area contributed by atoms with Gasteiger partial charge in [-0.3, -0.25) is 0 Å². The van der Waals surface area contributed by atoms with E-state index in [1.165, 1.54) is 16.5 Å². The van der Waals surface area contributed by atoms with Crippen LogP contribution in [0.2, 0.25) is 5.02 Å².